The predicted molar refractivity (Wildman–Crippen MR) is 58.6 cm³/mol. The van der Waals surface area contributed by atoms with E-state index in [9.17, 15) is 9.90 Å². The first-order chi connectivity index (χ1) is 7.09. The zero-order chi connectivity index (χ0) is 11.0. The molecule has 0 aromatic heterocycles. The normalized spacial score (nSPS) is 36.9. The summed E-state index contributed by atoms with van der Waals surface area (Å²) in [4.78, 5) is 11.2. The Labute approximate surface area is 91.2 Å². The van der Waals surface area contributed by atoms with Gasteiger partial charge >= 0.3 is 5.97 Å². The van der Waals surface area contributed by atoms with Gasteiger partial charge in [-0.25, -0.2) is 0 Å². The molecule has 3 unspecified atom stereocenters. The average Bonchev–Trinajstić information content (AvgIpc) is 2.99. The second-order valence-electron chi connectivity index (χ2n) is 5.46. The van der Waals surface area contributed by atoms with E-state index in [0.29, 0.717) is 11.8 Å². The maximum absolute atomic E-state index is 11.2. The third-order valence-corrected chi connectivity index (χ3v) is 3.93. The molecule has 2 rings (SSSR count). The van der Waals surface area contributed by atoms with Gasteiger partial charge in [0.05, 0.1) is 5.92 Å². The maximum atomic E-state index is 11.2. The molecule has 0 spiro atoms. The van der Waals surface area contributed by atoms with Gasteiger partial charge < -0.3 is 10.4 Å². The van der Waals surface area contributed by atoms with Gasteiger partial charge in [-0.1, -0.05) is 13.8 Å². The van der Waals surface area contributed by atoms with Crippen molar-refractivity contribution in [2.75, 3.05) is 6.54 Å². The number of hydrogen-bond acceptors (Lipinski definition) is 2. The molecule has 2 fully saturated rings. The van der Waals surface area contributed by atoms with E-state index in [1.54, 1.807) is 0 Å². The first-order valence-electron chi connectivity index (χ1n) is 6.05. The predicted octanol–water partition coefficient (Wildman–Crippen LogP) is 1.73. The molecule has 1 aliphatic carbocycles. The van der Waals surface area contributed by atoms with Crippen molar-refractivity contribution in [1.82, 2.24) is 5.32 Å². The molecule has 3 nitrogen and oxygen atoms in total. The van der Waals surface area contributed by atoms with Gasteiger partial charge in [0.1, 0.15) is 0 Å². The number of carboxylic acids is 1. The molecule has 0 aromatic rings. The van der Waals surface area contributed by atoms with Gasteiger partial charge in [0.2, 0.25) is 0 Å². The molecule has 3 atom stereocenters. The van der Waals surface area contributed by atoms with Crippen molar-refractivity contribution < 1.29 is 9.90 Å². The topological polar surface area (TPSA) is 49.3 Å². The summed E-state index contributed by atoms with van der Waals surface area (Å²) in [6.07, 6.45) is 3.51. The van der Waals surface area contributed by atoms with E-state index in [0.717, 1.165) is 18.9 Å². The lowest BCUT2D eigenvalue weighted by molar-refractivity contribution is -0.145. The highest BCUT2D eigenvalue weighted by atomic mass is 16.4. The third kappa shape index (κ3) is 2.33. The Bertz CT molecular complexity index is 248. The van der Waals surface area contributed by atoms with Crippen LogP contribution in [0.4, 0.5) is 0 Å². The lowest BCUT2D eigenvalue weighted by Gasteiger charge is -2.37. The van der Waals surface area contributed by atoms with Gasteiger partial charge in [0.15, 0.2) is 0 Å². The van der Waals surface area contributed by atoms with E-state index in [1.807, 2.05) is 0 Å². The Hall–Kier alpha value is -0.570. The zero-order valence-corrected chi connectivity index (χ0v) is 9.57. The van der Waals surface area contributed by atoms with Gasteiger partial charge in [-0.15, -0.1) is 0 Å². The first-order valence-corrected chi connectivity index (χ1v) is 6.05. The number of piperidine rings is 1. The molecular formula is C12H21NO2. The second kappa shape index (κ2) is 4.12. The van der Waals surface area contributed by atoms with Crippen LogP contribution in [0.3, 0.4) is 0 Å². The van der Waals surface area contributed by atoms with Crippen LogP contribution in [0.15, 0.2) is 0 Å². The van der Waals surface area contributed by atoms with Gasteiger partial charge in [0, 0.05) is 6.04 Å². The van der Waals surface area contributed by atoms with E-state index in [-0.39, 0.29) is 12.0 Å². The molecule has 3 heteroatoms. The first kappa shape index (κ1) is 10.9. The molecule has 1 saturated heterocycles. The average molecular weight is 211 g/mol. The fourth-order valence-corrected chi connectivity index (χ4v) is 2.87. The van der Waals surface area contributed by atoms with Gasteiger partial charge in [-0.3, -0.25) is 4.79 Å². The van der Waals surface area contributed by atoms with Crippen LogP contribution in [0.5, 0.6) is 0 Å². The number of carboxylic acid groups (broad SMARTS) is 1. The summed E-state index contributed by atoms with van der Waals surface area (Å²) in [5, 5.41) is 12.7. The molecule has 1 aliphatic heterocycles. The number of hydrogen-bond donors (Lipinski definition) is 2. The summed E-state index contributed by atoms with van der Waals surface area (Å²) >= 11 is 0. The van der Waals surface area contributed by atoms with E-state index in [4.69, 9.17) is 0 Å². The Morgan fingerprint density at radius 3 is 2.47 bits per heavy atom. The number of aliphatic carboxylic acids is 1. The molecule has 2 N–H and O–H groups in total. The Morgan fingerprint density at radius 1 is 1.33 bits per heavy atom. The van der Waals surface area contributed by atoms with Crippen molar-refractivity contribution in [3.05, 3.63) is 0 Å². The number of rotatable bonds is 3. The second-order valence-corrected chi connectivity index (χ2v) is 5.46. The van der Waals surface area contributed by atoms with Gasteiger partial charge in [-0.2, -0.15) is 0 Å². The van der Waals surface area contributed by atoms with Crippen LogP contribution in [-0.2, 0) is 4.79 Å². The minimum Gasteiger partial charge on any atom is -0.481 e. The maximum Gasteiger partial charge on any atom is 0.308 e. The lowest BCUT2D eigenvalue weighted by Crippen LogP contribution is -2.51. The molecule has 0 bridgehead atoms. The van der Waals surface area contributed by atoms with Crippen molar-refractivity contribution in [1.29, 1.82) is 0 Å². The van der Waals surface area contributed by atoms with Crippen LogP contribution < -0.4 is 5.32 Å². The van der Waals surface area contributed by atoms with Crippen molar-refractivity contribution in [3.63, 3.8) is 0 Å². The highest BCUT2D eigenvalue weighted by molar-refractivity contribution is 5.71. The third-order valence-electron chi connectivity index (χ3n) is 3.93. The van der Waals surface area contributed by atoms with Crippen molar-refractivity contribution in [3.8, 4) is 0 Å². The Kier molecular flexibility index (Phi) is 3.01. The summed E-state index contributed by atoms with van der Waals surface area (Å²) in [5.41, 5.74) is 0. The minimum absolute atomic E-state index is 0.164. The van der Waals surface area contributed by atoms with E-state index < -0.39 is 5.97 Å². The highest BCUT2D eigenvalue weighted by Crippen LogP contribution is 2.42. The number of nitrogens with one attached hydrogen (secondary N) is 1. The molecule has 1 heterocycles. The largest absolute Gasteiger partial charge is 0.481 e. The number of carbonyl (C=O) groups is 1. The van der Waals surface area contributed by atoms with E-state index in [2.05, 4.69) is 19.2 Å². The molecule has 0 amide bonds. The quantitative estimate of drug-likeness (QED) is 0.747. The highest BCUT2D eigenvalue weighted by Gasteiger charge is 2.41. The van der Waals surface area contributed by atoms with Gasteiger partial charge in [-0.05, 0) is 43.6 Å². The molecule has 2 aliphatic rings. The van der Waals surface area contributed by atoms with Crippen molar-refractivity contribution in [2.24, 2.45) is 23.7 Å². The lowest BCUT2D eigenvalue weighted by atomic mass is 9.78. The van der Waals surface area contributed by atoms with E-state index in [1.165, 1.54) is 12.8 Å². The van der Waals surface area contributed by atoms with Crippen LogP contribution >= 0.6 is 0 Å². The van der Waals surface area contributed by atoms with Crippen LogP contribution in [0, 0.1) is 23.7 Å². The van der Waals surface area contributed by atoms with Crippen LogP contribution in [0.25, 0.3) is 0 Å². The molecule has 1 saturated carbocycles. The van der Waals surface area contributed by atoms with Crippen LogP contribution in [0.2, 0.25) is 0 Å². The van der Waals surface area contributed by atoms with Crippen molar-refractivity contribution >= 4 is 5.97 Å². The summed E-state index contributed by atoms with van der Waals surface area (Å²) in [6, 6.07) is 0.164. The molecular weight excluding hydrogens is 190 g/mol. The summed E-state index contributed by atoms with van der Waals surface area (Å²) in [5.74, 6) is 1.04. The fraction of sp³-hybridized carbons (Fsp3) is 0.917. The zero-order valence-electron chi connectivity index (χ0n) is 9.57. The summed E-state index contributed by atoms with van der Waals surface area (Å²) in [6.45, 7) is 5.23. The van der Waals surface area contributed by atoms with Crippen LogP contribution in [0.1, 0.15) is 33.1 Å². The minimum atomic E-state index is -0.619. The molecule has 0 radical (unpaired) electrons. The smallest absolute Gasteiger partial charge is 0.308 e. The fourth-order valence-electron chi connectivity index (χ4n) is 2.87. The summed E-state index contributed by atoms with van der Waals surface area (Å²) in [7, 11) is 0. The Balaban J connectivity index is 2.01. The molecule has 15 heavy (non-hydrogen) atoms. The standard InChI is InChI=1S/C12H21NO2/c1-7(2)11-10(12(14)15)5-9(6-13-11)8-3-4-8/h7-11,13H,3-6H2,1-2H3,(H,14,15). The molecule has 86 valence electrons. The Morgan fingerprint density at radius 2 is 2.00 bits per heavy atom. The van der Waals surface area contributed by atoms with Crippen molar-refractivity contribution in [2.45, 2.75) is 39.2 Å². The SMILES string of the molecule is CC(C)C1NCC(C2CC2)CC1C(=O)O. The molecule has 0 aromatic carbocycles. The van der Waals surface area contributed by atoms with Gasteiger partial charge in [0.25, 0.3) is 0 Å². The van der Waals surface area contributed by atoms with E-state index >= 15 is 0 Å². The summed E-state index contributed by atoms with van der Waals surface area (Å²) < 4.78 is 0. The van der Waals surface area contributed by atoms with Crippen LogP contribution in [-0.4, -0.2) is 23.7 Å². The monoisotopic (exact) mass is 211 g/mol.